The van der Waals surface area contributed by atoms with Gasteiger partial charge in [-0.3, -0.25) is 14.4 Å². The van der Waals surface area contributed by atoms with Gasteiger partial charge in [-0.05, 0) is 68.4 Å². The van der Waals surface area contributed by atoms with Crippen molar-refractivity contribution < 1.29 is 17.6 Å². The number of likely N-dealkylation sites (tertiary alicyclic amines) is 1. The normalized spacial score (nSPS) is 17.3. The zero-order valence-corrected chi connectivity index (χ0v) is 17.6. The molecule has 1 fully saturated rings. The molecule has 29 heavy (non-hydrogen) atoms. The monoisotopic (exact) mass is 439 g/mol. The van der Waals surface area contributed by atoms with Crippen LogP contribution in [-0.2, 0) is 10.0 Å². The van der Waals surface area contributed by atoms with E-state index in [9.17, 15) is 17.6 Å². The van der Waals surface area contributed by atoms with Crippen LogP contribution in [-0.4, -0.2) is 44.9 Å². The number of likely N-dealkylation sites (N-methyl/N-ethyl adjacent to an activating group) is 1. The minimum absolute atomic E-state index is 0.0923. The van der Waals surface area contributed by atoms with Crippen molar-refractivity contribution in [2.24, 2.45) is 0 Å². The van der Waals surface area contributed by atoms with Gasteiger partial charge in [0.1, 0.15) is 5.82 Å². The largest absolute Gasteiger partial charge is 0.350 e. The summed E-state index contributed by atoms with van der Waals surface area (Å²) < 4.78 is 40.7. The van der Waals surface area contributed by atoms with Crippen LogP contribution in [0.5, 0.6) is 0 Å². The first-order valence-electron chi connectivity index (χ1n) is 9.40. The Labute approximate surface area is 175 Å². The average molecular weight is 440 g/mol. The second-order valence-electron chi connectivity index (χ2n) is 6.89. The highest BCUT2D eigenvalue weighted by Crippen LogP contribution is 2.23. The molecule has 0 saturated carbocycles. The van der Waals surface area contributed by atoms with Crippen LogP contribution >= 0.6 is 11.6 Å². The van der Waals surface area contributed by atoms with Crippen LogP contribution in [0.2, 0.25) is 5.02 Å². The van der Waals surface area contributed by atoms with Gasteiger partial charge in [-0.1, -0.05) is 18.5 Å². The molecule has 156 valence electrons. The highest BCUT2D eigenvalue weighted by molar-refractivity contribution is 7.92. The molecule has 3 rings (SSSR count). The van der Waals surface area contributed by atoms with Crippen LogP contribution in [0.1, 0.15) is 30.1 Å². The number of anilines is 1. The molecule has 0 aromatic heterocycles. The number of carbonyl (C=O) groups is 1. The third-order valence-corrected chi connectivity index (χ3v) is 6.70. The maximum atomic E-state index is 13.0. The van der Waals surface area contributed by atoms with Crippen molar-refractivity contribution in [2.75, 3.05) is 24.4 Å². The lowest BCUT2D eigenvalue weighted by Gasteiger charge is -2.23. The van der Waals surface area contributed by atoms with E-state index in [2.05, 4.69) is 21.9 Å². The van der Waals surface area contributed by atoms with E-state index in [1.807, 2.05) is 0 Å². The van der Waals surface area contributed by atoms with Crippen LogP contribution in [0, 0.1) is 5.82 Å². The van der Waals surface area contributed by atoms with Gasteiger partial charge in [0, 0.05) is 18.3 Å². The van der Waals surface area contributed by atoms with E-state index in [0.29, 0.717) is 6.54 Å². The first-order valence-corrected chi connectivity index (χ1v) is 11.3. The average Bonchev–Trinajstić information content (AvgIpc) is 3.15. The summed E-state index contributed by atoms with van der Waals surface area (Å²) in [5, 5.41) is 3.03. The predicted molar refractivity (Wildman–Crippen MR) is 111 cm³/mol. The summed E-state index contributed by atoms with van der Waals surface area (Å²) in [7, 11) is -3.96. The van der Waals surface area contributed by atoms with Crippen molar-refractivity contribution in [1.29, 1.82) is 0 Å². The number of nitrogens with one attached hydrogen (secondary N) is 2. The van der Waals surface area contributed by atoms with Gasteiger partial charge in [0.2, 0.25) is 0 Å². The van der Waals surface area contributed by atoms with E-state index in [1.165, 1.54) is 30.3 Å². The number of halogens is 2. The second kappa shape index (κ2) is 9.11. The molecule has 1 unspecified atom stereocenters. The first-order chi connectivity index (χ1) is 13.8. The Morgan fingerprint density at radius 3 is 2.66 bits per heavy atom. The number of sulfonamides is 1. The Hall–Kier alpha value is -2.16. The molecule has 2 N–H and O–H groups in total. The van der Waals surface area contributed by atoms with Crippen molar-refractivity contribution in [3.63, 3.8) is 0 Å². The lowest BCUT2D eigenvalue weighted by molar-refractivity contribution is 0.0941. The fourth-order valence-electron chi connectivity index (χ4n) is 3.43. The molecule has 1 heterocycles. The molecule has 0 aliphatic carbocycles. The number of amides is 1. The van der Waals surface area contributed by atoms with E-state index in [-0.39, 0.29) is 27.2 Å². The Bertz CT molecular complexity index is 983. The van der Waals surface area contributed by atoms with Gasteiger partial charge in [-0.25, -0.2) is 12.8 Å². The Kier molecular flexibility index (Phi) is 6.77. The fraction of sp³-hybridized carbons (Fsp3) is 0.350. The maximum Gasteiger partial charge on any atom is 0.261 e. The van der Waals surface area contributed by atoms with E-state index in [0.717, 1.165) is 38.1 Å². The van der Waals surface area contributed by atoms with Crippen molar-refractivity contribution in [1.82, 2.24) is 10.2 Å². The zero-order chi connectivity index (χ0) is 21.0. The lowest BCUT2D eigenvalue weighted by atomic mass is 10.2. The maximum absolute atomic E-state index is 13.0. The van der Waals surface area contributed by atoms with E-state index >= 15 is 0 Å². The summed E-state index contributed by atoms with van der Waals surface area (Å²) in [6.07, 6.45) is 2.11. The van der Waals surface area contributed by atoms with E-state index < -0.39 is 21.7 Å². The summed E-state index contributed by atoms with van der Waals surface area (Å²) in [4.78, 5) is 14.8. The highest BCUT2D eigenvalue weighted by Gasteiger charge is 2.24. The van der Waals surface area contributed by atoms with Crippen molar-refractivity contribution in [3.05, 3.63) is 58.9 Å². The SMILES string of the molecule is CCN1CCCC1CNC(=O)c1cc(S(=O)(=O)Nc2ccc(F)cc2)ccc1Cl. The minimum Gasteiger partial charge on any atom is -0.350 e. The molecule has 1 saturated heterocycles. The molecule has 1 atom stereocenters. The van der Waals surface area contributed by atoms with Gasteiger partial charge < -0.3 is 5.32 Å². The molecule has 2 aromatic rings. The highest BCUT2D eigenvalue weighted by atomic mass is 35.5. The van der Waals surface area contributed by atoms with Crippen LogP contribution in [0.3, 0.4) is 0 Å². The van der Waals surface area contributed by atoms with Gasteiger partial charge in [-0.2, -0.15) is 0 Å². The van der Waals surface area contributed by atoms with Crippen LogP contribution < -0.4 is 10.0 Å². The molecule has 1 aliphatic heterocycles. The Morgan fingerprint density at radius 1 is 1.24 bits per heavy atom. The standard InChI is InChI=1S/C20H23ClFN3O3S/c1-2-25-11-3-4-16(25)13-23-20(26)18-12-17(9-10-19(18)21)29(27,28)24-15-7-5-14(22)6-8-15/h5-10,12,16,24H,2-4,11,13H2,1H3,(H,23,26). The Balaban J connectivity index is 1.74. The van der Waals surface area contributed by atoms with Crippen LogP contribution in [0.15, 0.2) is 47.4 Å². The molecule has 2 aromatic carbocycles. The summed E-state index contributed by atoms with van der Waals surface area (Å²) in [5.41, 5.74) is 0.308. The molecule has 1 amide bonds. The number of rotatable bonds is 7. The van der Waals surface area contributed by atoms with Crippen LogP contribution in [0.25, 0.3) is 0 Å². The minimum atomic E-state index is -3.96. The number of benzene rings is 2. The molecule has 6 nitrogen and oxygen atoms in total. The first kappa shape index (κ1) is 21.5. The lowest BCUT2D eigenvalue weighted by Crippen LogP contribution is -2.40. The third kappa shape index (κ3) is 5.26. The topological polar surface area (TPSA) is 78.5 Å². The number of hydrogen-bond donors (Lipinski definition) is 2. The molecule has 0 spiro atoms. The number of hydrogen-bond acceptors (Lipinski definition) is 4. The third-order valence-electron chi connectivity index (χ3n) is 4.99. The van der Waals surface area contributed by atoms with Crippen molar-refractivity contribution in [2.45, 2.75) is 30.7 Å². The fourth-order valence-corrected chi connectivity index (χ4v) is 4.71. The molecular weight excluding hydrogens is 417 g/mol. The summed E-state index contributed by atoms with van der Waals surface area (Å²) in [6.45, 7) is 4.50. The molecule has 9 heteroatoms. The van der Waals surface area contributed by atoms with Gasteiger partial charge in [0.15, 0.2) is 0 Å². The van der Waals surface area contributed by atoms with Gasteiger partial charge in [-0.15, -0.1) is 0 Å². The Morgan fingerprint density at radius 2 is 1.97 bits per heavy atom. The smallest absolute Gasteiger partial charge is 0.261 e. The van der Waals surface area contributed by atoms with Crippen molar-refractivity contribution in [3.8, 4) is 0 Å². The van der Waals surface area contributed by atoms with Gasteiger partial charge in [0.25, 0.3) is 15.9 Å². The summed E-state index contributed by atoms with van der Waals surface area (Å²) in [6, 6.07) is 9.16. The zero-order valence-electron chi connectivity index (χ0n) is 16.0. The number of carbonyl (C=O) groups excluding carboxylic acids is 1. The van der Waals surface area contributed by atoms with E-state index in [1.54, 1.807) is 0 Å². The van der Waals surface area contributed by atoms with Crippen LogP contribution in [0.4, 0.5) is 10.1 Å². The molecule has 0 bridgehead atoms. The molecular formula is C20H23ClFN3O3S. The van der Waals surface area contributed by atoms with Gasteiger partial charge in [0.05, 0.1) is 15.5 Å². The molecule has 0 radical (unpaired) electrons. The van der Waals surface area contributed by atoms with Crippen molar-refractivity contribution >= 4 is 33.2 Å². The van der Waals surface area contributed by atoms with E-state index in [4.69, 9.17) is 11.6 Å². The summed E-state index contributed by atoms with van der Waals surface area (Å²) >= 11 is 6.14. The molecule has 1 aliphatic rings. The quantitative estimate of drug-likeness (QED) is 0.692. The second-order valence-corrected chi connectivity index (χ2v) is 8.98. The summed E-state index contributed by atoms with van der Waals surface area (Å²) in [5.74, 6) is -0.890. The predicted octanol–water partition coefficient (Wildman–Crippen LogP) is 3.49. The number of nitrogens with zero attached hydrogens (tertiary/aromatic N) is 1. The van der Waals surface area contributed by atoms with Gasteiger partial charge >= 0.3 is 0 Å².